The molecule has 0 rings (SSSR count). The quantitative estimate of drug-likeness (QED) is 0.612. The third kappa shape index (κ3) is 5.78. The van der Waals surface area contributed by atoms with Crippen LogP contribution in [0.3, 0.4) is 0 Å². The van der Waals surface area contributed by atoms with E-state index in [1.54, 1.807) is 18.8 Å². The van der Waals surface area contributed by atoms with Crippen molar-refractivity contribution in [1.82, 2.24) is 10.2 Å². The van der Waals surface area contributed by atoms with Crippen LogP contribution >= 0.6 is 11.8 Å². The Morgan fingerprint density at radius 2 is 2.06 bits per heavy atom. The number of urea groups is 1. The first-order chi connectivity index (χ1) is 7.93. The van der Waals surface area contributed by atoms with E-state index in [-0.39, 0.29) is 19.1 Å². The van der Waals surface area contributed by atoms with Gasteiger partial charge >= 0.3 is 12.0 Å². The van der Waals surface area contributed by atoms with Crippen LogP contribution in [0.5, 0.6) is 0 Å². The van der Waals surface area contributed by atoms with Crippen molar-refractivity contribution in [2.75, 3.05) is 25.7 Å². The van der Waals surface area contributed by atoms with Crippen LogP contribution in [0.15, 0.2) is 0 Å². The van der Waals surface area contributed by atoms with Crippen LogP contribution < -0.4 is 5.32 Å². The van der Waals surface area contributed by atoms with Crippen molar-refractivity contribution in [2.45, 2.75) is 25.4 Å². The summed E-state index contributed by atoms with van der Waals surface area (Å²) < 4.78 is 0. The zero-order valence-corrected chi connectivity index (χ0v) is 11.2. The van der Waals surface area contributed by atoms with Gasteiger partial charge in [0.05, 0.1) is 0 Å². The molecule has 0 aliphatic carbocycles. The minimum Gasteiger partial charge on any atom is -0.480 e. The Morgan fingerprint density at radius 3 is 2.47 bits per heavy atom. The number of carboxylic acid groups (broad SMARTS) is 1. The summed E-state index contributed by atoms with van der Waals surface area (Å²) in [7, 11) is 1.62. The molecule has 0 aromatic rings. The first-order valence-corrected chi connectivity index (χ1v) is 6.69. The van der Waals surface area contributed by atoms with Crippen LogP contribution in [0.4, 0.5) is 4.79 Å². The summed E-state index contributed by atoms with van der Waals surface area (Å²) in [5.74, 6) is -0.361. The first-order valence-electron chi connectivity index (χ1n) is 5.30. The second kappa shape index (κ2) is 8.19. The van der Waals surface area contributed by atoms with E-state index in [9.17, 15) is 9.59 Å². The lowest BCUT2D eigenvalue weighted by molar-refractivity contribution is -0.139. The summed E-state index contributed by atoms with van der Waals surface area (Å²) in [6.07, 6.45) is 1.94. The molecule has 0 saturated carbocycles. The molecule has 0 heterocycles. The van der Waals surface area contributed by atoms with Gasteiger partial charge in [-0.25, -0.2) is 9.59 Å². The molecule has 0 fully saturated rings. The number of nitrogens with zero attached hydrogens (tertiary/aromatic N) is 1. The number of aliphatic hydroxyl groups excluding tert-OH is 1. The largest absolute Gasteiger partial charge is 0.480 e. The zero-order valence-electron chi connectivity index (χ0n) is 10.3. The van der Waals surface area contributed by atoms with Crippen molar-refractivity contribution in [3.63, 3.8) is 0 Å². The van der Waals surface area contributed by atoms with Gasteiger partial charge in [0.2, 0.25) is 0 Å². The second-order valence-corrected chi connectivity index (χ2v) is 4.68. The number of hydrogen-bond donors (Lipinski definition) is 3. The van der Waals surface area contributed by atoms with E-state index in [1.165, 1.54) is 4.90 Å². The molecule has 0 spiro atoms. The predicted octanol–water partition coefficient (Wildman–Crippen LogP) is 0.215. The summed E-state index contributed by atoms with van der Waals surface area (Å²) in [6.45, 7) is 1.61. The average Bonchev–Trinajstić information content (AvgIpc) is 2.27. The molecule has 3 N–H and O–H groups in total. The average molecular weight is 264 g/mol. The molecule has 0 aromatic heterocycles. The number of aliphatic carboxylic acids is 1. The highest BCUT2D eigenvalue weighted by molar-refractivity contribution is 7.98. The number of nitrogens with one attached hydrogen (secondary N) is 1. The monoisotopic (exact) mass is 264 g/mol. The fraction of sp³-hybridized carbons (Fsp3) is 0.800. The minimum atomic E-state index is -1.14. The third-order valence-corrected chi connectivity index (χ3v) is 3.22. The Labute approximate surface area is 105 Å². The lowest BCUT2D eigenvalue weighted by atomic mass is 10.2. The summed E-state index contributed by atoms with van der Waals surface area (Å²) in [6, 6.07) is -1.46. The van der Waals surface area contributed by atoms with Crippen LogP contribution in [-0.2, 0) is 4.79 Å². The summed E-state index contributed by atoms with van der Waals surface area (Å²) in [4.78, 5) is 24.0. The molecular formula is C10H20N2O4S. The van der Waals surface area contributed by atoms with Gasteiger partial charge in [-0.1, -0.05) is 0 Å². The zero-order chi connectivity index (χ0) is 13.4. The number of hydrogen-bond acceptors (Lipinski definition) is 4. The molecule has 2 atom stereocenters. The lowest BCUT2D eigenvalue weighted by Crippen LogP contribution is -2.50. The maximum atomic E-state index is 11.7. The van der Waals surface area contributed by atoms with E-state index in [2.05, 4.69) is 5.32 Å². The molecule has 0 saturated heterocycles. The molecule has 0 bridgehead atoms. The lowest BCUT2D eigenvalue weighted by Gasteiger charge is -2.26. The van der Waals surface area contributed by atoms with E-state index in [4.69, 9.17) is 10.2 Å². The number of carbonyl (C=O) groups excluding carboxylic acids is 1. The van der Waals surface area contributed by atoms with Crippen molar-refractivity contribution < 1.29 is 19.8 Å². The van der Waals surface area contributed by atoms with Crippen LogP contribution in [0.1, 0.15) is 13.3 Å². The summed E-state index contributed by atoms with van der Waals surface area (Å²) >= 11 is 1.61. The Morgan fingerprint density at radius 1 is 1.47 bits per heavy atom. The Bertz CT molecular complexity index is 263. The van der Waals surface area contributed by atoms with Gasteiger partial charge in [0.25, 0.3) is 0 Å². The maximum Gasteiger partial charge on any atom is 0.326 e. The van der Waals surface area contributed by atoms with E-state index in [0.29, 0.717) is 0 Å². The smallest absolute Gasteiger partial charge is 0.326 e. The summed E-state index contributed by atoms with van der Waals surface area (Å²) in [5, 5.41) is 19.9. The normalized spacial score (nSPS) is 13.9. The summed E-state index contributed by atoms with van der Waals surface area (Å²) in [5.41, 5.74) is 0. The van der Waals surface area contributed by atoms with Crippen molar-refractivity contribution in [1.29, 1.82) is 0 Å². The Hall–Kier alpha value is -0.950. The van der Waals surface area contributed by atoms with Crippen molar-refractivity contribution >= 4 is 23.8 Å². The fourth-order valence-electron chi connectivity index (χ4n) is 1.19. The molecule has 0 aliphatic rings. The molecular weight excluding hydrogens is 244 g/mol. The van der Waals surface area contributed by atoms with Crippen molar-refractivity contribution in [3.05, 3.63) is 0 Å². The predicted molar refractivity (Wildman–Crippen MR) is 67.3 cm³/mol. The minimum absolute atomic E-state index is 0.00578. The van der Waals surface area contributed by atoms with Crippen LogP contribution in [0.25, 0.3) is 0 Å². The molecule has 0 aliphatic heterocycles. The van der Waals surface area contributed by atoms with Gasteiger partial charge < -0.3 is 20.4 Å². The molecule has 100 valence electrons. The highest BCUT2D eigenvalue weighted by atomic mass is 32.2. The van der Waals surface area contributed by atoms with Gasteiger partial charge in [-0.3, -0.25) is 0 Å². The van der Waals surface area contributed by atoms with Gasteiger partial charge in [-0.2, -0.15) is 11.8 Å². The van der Waals surface area contributed by atoms with Crippen molar-refractivity contribution in [2.24, 2.45) is 0 Å². The number of carboxylic acids is 1. The first kappa shape index (κ1) is 16.1. The Balaban J connectivity index is 4.34. The SMILES string of the molecule is CSCC(C)N(C)C(=O)N[C@H](CCO)C(=O)O. The third-order valence-electron chi connectivity index (χ3n) is 2.40. The van der Waals surface area contributed by atoms with Gasteiger partial charge in [-0.15, -0.1) is 0 Å². The van der Waals surface area contributed by atoms with Crippen LogP contribution in [0.2, 0.25) is 0 Å². The fourth-order valence-corrected chi connectivity index (χ4v) is 1.90. The topological polar surface area (TPSA) is 89.9 Å². The van der Waals surface area contributed by atoms with E-state index >= 15 is 0 Å². The highest BCUT2D eigenvalue weighted by Crippen LogP contribution is 2.04. The van der Waals surface area contributed by atoms with Gasteiger partial charge in [0, 0.05) is 31.9 Å². The standard InChI is InChI=1S/C10H20N2O4S/c1-7(6-17-3)12(2)10(16)11-8(4-5-13)9(14)15/h7-8,13H,4-6H2,1-3H3,(H,11,16)(H,14,15)/t7?,8-/m1/s1. The van der Waals surface area contributed by atoms with Crippen molar-refractivity contribution in [3.8, 4) is 0 Å². The highest BCUT2D eigenvalue weighted by Gasteiger charge is 2.22. The number of thioether (sulfide) groups is 1. The molecule has 7 heteroatoms. The van der Waals surface area contributed by atoms with Crippen LogP contribution in [-0.4, -0.2) is 64.9 Å². The molecule has 2 amide bonds. The van der Waals surface area contributed by atoms with E-state index in [1.807, 2.05) is 13.2 Å². The molecule has 0 radical (unpaired) electrons. The van der Waals surface area contributed by atoms with Gasteiger partial charge in [0.1, 0.15) is 6.04 Å². The molecule has 17 heavy (non-hydrogen) atoms. The molecule has 6 nitrogen and oxygen atoms in total. The number of amides is 2. The number of aliphatic hydroxyl groups is 1. The second-order valence-electron chi connectivity index (χ2n) is 3.77. The van der Waals surface area contributed by atoms with E-state index < -0.39 is 18.0 Å². The van der Waals surface area contributed by atoms with Gasteiger partial charge in [-0.05, 0) is 13.2 Å². The number of rotatable bonds is 7. The van der Waals surface area contributed by atoms with Gasteiger partial charge in [0.15, 0.2) is 0 Å². The molecule has 0 aromatic carbocycles. The maximum absolute atomic E-state index is 11.7. The van der Waals surface area contributed by atoms with Crippen LogP contribution in [0, 0.1) is 0 Å². The number of carbonyl (C=O) groups is 2. The molecule has 1 unspecified atom stereocenters. The Kier molecular flexibility index (Phi) is 7.73. The van der Waals surface area contributed by atoms with E-state index in [0.717, 1.165) is 5.75 Å².